The van der Waals surface area contributed by atoms with Gasteiger partial charge in [-0.2, -0.15) is 5.26 Å². The molecule has 2 atom stereocenters. The standard InChI is InChI=1S/C18H18N2/c1-20(2)16-10-6-7-14(11-16)17-12-18(17,13-19)15-8-4-3-5-9-15/h3-11,17H,12H2,1-2H3/t17-,18+/m1/s1. The van der Waals surface area contributed by atoms with Crippen molar-refractivity contribution in [1.29, 1.82) is 5.26 Å². The minimum Gasteiger partial charge on any atom is -0.378 e. The van der Waals surface area contributed by atoms with Crippen LogP contribution < -0.4 is 4.90 Å². The summed E-state index contributed by atoms with van der Waals surface area (Å²) >= 11 is 0. The zero-order valence-electron chi connectivity index (χ0n) is 11.9. The molecular weight excluding hydrogens is 244 g/mol. The SMILES string of the molecule is CN(C)c1cccc([C@H]2C[C@]2(C#N)c2ccccc2)c1. The smallest absolute Gasteiger partial charge is 0.0897 e. The third kappa shape index (κ3) is 1.96. The summed E-state index contributed by atoms with van der Waals surface area (Å²) in [6.45, 7) is 0. The van der Waals surface area contributed by atoms with Crippen LogP contribution in [0.5, 0.6) is 0 Å². The van der Waals surface area contributed by atoms with Gasteiger partial charge in [0.05, 0.1) is 11.5 Å². The van der Waals surface area contributed by atoms with Crippen molar-refractivity contribution in [2.45, 2.75) is 17.8 Å². The average Bonchev–Trinajstić information content (AvgIpc) is 3.24. The second-order valence-electron chi connectivity index (χ2n) is 5.70. The molecule has 1 fully saturated rings. The number of benzene rings is 2. The molecule has 1 aliphatic rings. The van der Waals surface area contributed by atoms with Crippen molar-refractivity contribution < 1.29 is 0 Å². The van der Waals surface area contributed by atoms with Crippen LogP contribution in [0.3, 0.4) is 0 Å². The van der Waals surface area contributed by atoms with E-state index < -0.39 is 0 Å². The summed E-state index contributed by atoms with van der Waals surface area (Å²) in [5.74, 6) is 0.315. The van der Waals surface area contributed by atoms with E-state index in [0.717, 1.165) is 12.0 Å². The molecule has 1 aliphatic carbocycles. The minimum atomic E-state index is -0.327. The molecule has 0 amide bonds. The summed E-state index contributed by atoms with van der Waals surface area (Å²) in [6, 6.07) is 21.2. The molecule has 2 nitrogen and oxygen atoms in total. The highest BCUT2D eigenvalue weighted by atomic mass is 15.1. The molecule has 0 N–H and O–H groups in total. The zero-order chi connectivity index (χ0) is 14.2. The molecule has 0 heterocycles. The first-order chi connectivity index (χ1) is 9.67. The van der Waals surface area contributed by atoms with Crippen LogP contribution in [-0.4, -0.2) is 14.1 Å². The predicted octanol–water partition coefficient (Wildman–Crippen LogP) is 3.70. The second-order valence-corrected chi connectivity index (χ2v) is 5.70. The fourth-order valence-electron chi connectivity index (χ4n) is 2.93. The van der Waals surface area contributed by atoms with E-state index in [4.69, 9.17) is 0 Å². The van der Waals surface area contributed by atoms with Gasteiger partial charge in [0.1, 0.15) is 0 Å². The van der Waals surface area contributed by atoms with Crippen molar-refractivity contribution in [3.8, 4) is 6.07 Å². The number of hydrogen-bond acceptors (Lipinski definition) is 2. The van der Waals surface area contributed by atoms with Gasteiger partial charge in [-0.3, -0.25) is 0 Å². The van der Waals surface area contributed by atoms with Crippen molar-refractivity contribution in [2.24, 2.45) is 0 Å². The molecule has 0 unspecified atom stereocenters. The van der Waals surface area contributed by atoms with E-state index in [1.54, 1.807) is 0 Å². The van der Waals surface area contributed by atoms with E-state index in [-0.39, 0.29) is 5.41 Å². The van der Waals surface area contributed by atoms with Gasteiger partial charge in [0.2, 0.25) is 0 Å². The van der Waals surface area contributed by atoms with Crippen LogP contribution in [0.4, 0.5) is 5.69 Å². The van der Waals surface area contributed by atoms with Gasteiger partial charge in [0.15, 0.2) is 0 Å². The van der Waals surface area contributed by atoms with Gasteiger partial charge in [0, 0.05) is 25.7 Å². The van der Waals surface area contributed by atoms with E-state index in [2.05, 4.69) is 47.4 Å². The number of hydrogen-bond donors (Lipinski definition) is 0. The van der Waals surface area contributed by atoms with Crippen molar-refractivity contribution in [3.63, 3.8) is 0 Å². The van der Waals surface area contributed by atoms with Crippen LogP contribution in [0.1, 0.15) is 23.5 Å². The van der Waals surface area contributed by atoms with Crippen LogP contribution in [0.2, 0.25) is 0 Å². The Bertz CT molecular complexity index is 655. The third-order valence-corrected chi connectivity index (χ3v) is 4.24. The molecule has 2 aromatic rings. The number of nitrogens with zero attached hydrogens (tertiary/aromatic N) is 2. The highest BCUT2D eigenvalue weighted by molar-refractivity contribution is 5.54. The highest BCUT2D eigenvalue weighted by Gasteiger charge is 2.56. The third-order valence-electron chi connectivity index (χ3n) is 4.24. The molecule has 0 saturated heterocycles. The van der Waals surface area contributed by atoms with Gasteiger partial charge in [-0.15, -0.1) is 0 Å². The van der Waals surface area contributed by atoms with E-state index in [1.165, 1.54) is 11.3 Å². The number of rotatable bonds is 3. The quantitative estimate of drug-likeness (QED) is 0.843. The first-order valence-electron chi connectivity index (χ1n) is 6.91. The first-order valence-corrected chi connectivity index (χ1v) is 6.91. The molecular formula is C18H18N2. The lowest BCUT2D eigenvalue weighted by Gasteiger charge is -2.14. The fraction of sp³-hybridized carbons (Fsp3) is 0.278. The molecule has 3 rings (SSSR count). The van der Waals surface area contributed by atoms with E-state index in [0.29, 0.717) is 5.92 Å². The van der Waals surface area contributed by atoms with Gasteiger partial charge in [-0.05, 0) is 29.7 Å². The van der Waals surface area contributed by atoms with Crippen molar-refractivity contribution >= 4 is 5.69 Å². The molecule has 0 spiro atoms. The van der Waals surface area contributed by atoms with Crippen LogP contribution in [0, 0.1) is 11.3 Å². The summed E-state index contributed by atoms with van der Waals surface area (Å²) in [4.78, 5) is 2.10. The molecule has 1 saturated carbocycles. The Kier molecular flexibility index (Phi) is 2.99. The zero-order valence-corrected chi connectivity index (χ0v) is 11.9. The average molecular weight is 262 g/mol. The van der Waals surface area contributed by atoms with Crippen molar-refractivity contribution in [2.75, 3.05) is 19.0 Å². The molecule has 0 bridgehead atoms. The van der Waals surface area contributed by atoms with Crippen molar-refractivity contribution in [3.05, 3.63) is 65.7 Å². The summed E-state index contributed by atoms with van der Waals surface area (Å²) in [7, 11) is 4.08. The number of anilines is 1. The molecule has 20 heavy (non-hydrogen) atoms. The Labute approximate surface area is 120 Å². The number of nitriles is 1. The van der Waals surface area contributed by atoms with Gasteiger partial charge in [0.25, 0.3) is 0 Å². The normalized spacial score (nSPS) is 23.9. The van der Waals surface area contributed by atoms with E-state index in [9.17, 15) is 5.26 Å². The van der Waals surface area contributed by atoms with Crippen molar-refractivity contribution in [1.82, 2.24) is 0 Å². The summed E-state index contributed by atoms with van der Waals surface area (Å²) in [5.41, 5.74) is 3.27. The Morgan fingerprint density at radius 2 is 1.85 bits per heavy atom. The molecule has 0 aliphatic heterocycles. The lowest BCUT2D eigenvalue weighted by molar-refractivity contribution is 0.855. The lowest BCUT2D eigenvalue weighted by Crippen LogP contribution is -2.09. The van der Waals surface area contributed by atoms with Gasteiger partial charge in [-0.25, -0.2) is 0 Å². The Balaban J connectivity index is 1.95. The van der Waals surface area contributed by atoms with Crippen LogP contribution >= 0.6 is 0 Å². The van der Waals surface area contributed by atoms with E-state index >= 15 is 0 Å². The molecule has 100 valence electrons. The van der Waals surface area contributed by atoms with Gasteiger partial charge < -0.3 is 4.90 Å². The molecule has 0 radical (unpaired) electrons. The summed E-state index contributed by atoms with van der Waals surface area (Å²) in [5, 5.41) is 9.66. The van der Waals surface area contributed by atoms with E-state index in [1.807, 2.05) is 32.3 Å². The van der Waals surface area contributed by atoms with Crippen LogP contribution in [0.15, 0.2) is 54.6 Å². The minimum absolute atomic E-state index is 0.315. The van der Waals surface area contributed by atoms with Gasteiger partial charge in [-0.1, -0.05) is 42.5 Å². The summed E-state index contributed by atoms with van der Waals surface area (Å²) in [6.07, 6.45) is 0.921. The Hall–Kier alpha value is -2.27. The Morgan fingerprint density at radius 1 is 1.10 bits per heavy atom. The maximum atomic E-state index is 9.66. The molecule has 0 aromatic heterocycles. The van der Waals surface area contributed by atoms with Gasteiger partial charge >= 0.3 is 0 Å². The fourth-order valence-corrected chi connectivity index (χ4v) is 2.93. The summed E-state index contributed by atoms with van der Waals surface area (Å²) < 4.78 is 0. The lowest BCUT2D eigenvalue weighted by atomic mass is 9.92. The largest absolute Gasteiger partial charge is 0.378 e. The second kappa shape index (κ2) is 4.68. The first kappa shape index (κ1) is 12.7. The highest BCUT2D eigenvalue weighted by Crippen LogP contribution is 2.60. The topological polar surface area (TPSA) is 27.0 Å². The monoisotopic (exact) mass is 262 g/mol. The Morgan fingerprint density at radius 3 is 2.50 bits per heavy atom. The predicted molar refractivity (Wildman–Crippen MR) is 81.9 cm³/mol. The molecule has 2 heteroatoms. The van der Waals surface area contributed by atoms with Crippen LogP contribution in [-0.2, 0) is 5.41 Å². The molecule has 2 aromatic carbocycles. The maximum Gasteiger partial charge on any atom is 0.0897 e. The maximum absolute atomic E-state index is 9.66. The van der Waals surface area contributed by atoms with Crippen LogP contribution in [0.25, 0.3) is 0 Å².